The predicted octanol–water partition coefficient (Wildman–Crippen LogP) is 2.18. The van der Waals surface area contributed by atoms with E-state index in [1.54, 1.807) is 0 Å². The Kier molecular flexibility index (Phi) is 3.87. The first-order chi connectivity index (χ1) is 9.76. The van der Waals surface area contributed by atoms with Crippen LogP contribution in [0.1, 0.15) is 25.5 Å². The molecule has 1 N–H and O–H groups in total. The zero-order valence-corrected chi connectivity index (χ0v) is 12.3. The molecule has 0 atom stereocenters. The van der Waals surface area contributed by atoms with Gasteiger partial charge in [0.05, 0.1) is 0 Å². The van der Waals surface area contributed by atoms with Crippen LogP contribution < -0.4 is 5.32 Å². The van der Waals surface area contributed by atoms with Gasteiger partial charge < -0.3 is 10.2 Å². The number of nitrogens with zero attached hydrogens (tertiary/aromatic N) is 4. The first-order valence-corrected chi connectivity index (χ1v) is 7.55. The van der Waals surface area contributed by atoms with Crippen LogP contribution in [0.3, 0.4) is 0 Å². The minimum Gasteiger partial charge on any atom is -0.353 e. The molecule has 0 unspecified atom stereocenters. The number of anilines is 1. The molecule has 0 amide bonds. The number of piperidine rings is 1. The second-order valence-electron chi connectivity index (χ2n) is 5.63. The zero-order chi connectivity index (χ0) is 13.9. The second kappa shape index (κ2) is 5.79. The van der Waals surface area contributed by atoms with Crippen molar-refractivity contribution in [2.24, 2.45) is 5.92 Å². The van der Waals surface area contributed by atoms with E-state index in [0.29, 0.717) is 0 Å². The first kappa shape index (κ1) is 13.4. The molecule has 1 saturated heterocycles. The standard InChI is InChI=1S/C15H23N5/c1-3-19-9-7-13(8-10-19)11-16-15-17-14-6-4-5-12(2)20(14)18-15/h4-6,13H,3,7-11H2,1-2H3,(H,16,18). The summed E-state index contributed by atoms with van der Waals surface area (Å²) in [6, 6.07) is 6.06. The second-order valence-corrected chi connectivity index (χ2v) is 5.63. The van der Waals surface area contributed by atoms with Gasteiger partial charge in [0.15, 0.2) is 5.65 Å². The summed E-state index contributed by atoms with van der Waals surface area (Å²) in [5.41, 5.74) is 2.02. The van der Waals surface area contributed by atoms with Crippen molar-refractivity contribution in [3.05, 3.63) is 23.9 Å². The molecular weight excluding hydrogens is 250 g/mol. The van der Waals surface area contributed by atoms with Crippen molar-refractivity contribution in [2.45, 2.75) is 26.7 Å². The third-order valence-corrected chi connectivity index (χ3v) is 4.25. The Balaban J connectivity index is 1.59. The average Bonchev–Trinajstić information content (AvgIpc) is 2.90. The maximum absolute atomic E-state index is 4.52. The van der Waals surface area contributed by atoms with Crippen molar-refractivity contribution >= 4 is 11.6 Å². The van der Waals surface area contributed by atoms with Crippen LogP contribution in [0.4, 0.5) is 5.95 Å². The van der Waals surface area contributed by atoms with Crippen molar-refractivity contribution in [3.8, 4) is 0 Å². The Morgan fingerprint density at radius 3 is 2.80 bits per heavy atom. The molecule has 0 aliphatic carbocycles. The van der Waals surface area contributed by atoms with E-state index in [-0.39, 0.29) is 0 Å². The SMILES string of the molecule is CCN1CCC(CNc2nc3cccc(C)n3n2)CC1. The predicted molar refractivity (Wildman–Crippen MR) is 81.1 cm³/mol. The molecule has 0 saturated carbocycles. The van der Waals surface area contributed by atoms with Gasteiger partial charge in [-0.25, -0.2) is 4.52 Å². The summed E-state index contributed by atoms with van der Waals surface area (Å²) in [6.07, 6.45) is 2.54. The molecule has 108 valence electrons. The minimum absolute atomic E-state index is 0.741. The maximum Gasteiger partial charge on any atom is 0.243 e. The molecule has 2 aromatic rings. The average molecular weight is 273 g/mol. The van der Waals surface area contributed by atoms with Gasteiger partial charge in [-0.15, -0.1) is 5.10 Å². The van der Waals surface area contributed by atoms with Crippen molar-refractivity contribution < 1.29 is 0 Å². The maximum atomic E-state index is 4.52. The number of hydrogen-bond donors (Lipinski definition) is 1. The summed E-state index contributed by atoms with van der Waals surface area (Å²) in [6.45, 7) is 8.88. The highest BCUT2D eigenvalue weighted by Crippen LogP contribution is 2.17. The fourth-order valence-electron chi connectivity index (χ4n) is 2.85. The lowest BCUT2D eigenvalue weighted by Gasteiger charge is -2.30. The van der Waals surface area contributed by atoms with Crippen molar-refractivity contribution in [3.63, 3.8) is 0 Å². The molecule has 1 aliphatic rings. The van der Waals surface area contributed by atoms with Crippen molar-refractivity contribution in [2.75, 3.05) is 31.5 Å². The molecular formula is C15H23N5. The monoisotopic (exact) mass is 273 g/mol. The molecule has 5 nitrogen and oxygen atoms in total. The summed E-state index contributed by atoms with van der Waals surface area (Å²) in [5, 5.41) is 7.91. The molecule has 0 bridgehead atoms. The number of nitrogens with one attached hydrogen (secondary N) is 1. The van der Waals surface area contributed by atoms with E-state index in [1.165, 1.54) is 32.5 Å². The highest BCUT2D eigenvalue weighted by molar-refractivity contribution is 5.44. The summed E-state index contributed by atoms with van der Waals surface area (Å²) >= 11 is 0. The Morgan fingerprint density at radius 2 is 2.10 bits per heavy atom. The lowest BCUT2D eigenvalue weighted by molar-refractivity contribution is 0.198. The molecule has 3 rings (SSSR count). The number of hydrogen-bond acceptors (Lipinski definition) is 4. The molecule has 1 aliphatic heterocycles. The molecule has 5 heteroatoms. The molecule has 0 radical (unpaired) electrons. The van der Waals surface area contributed by atoms with Gasteiger partial charge in [-0.1, -0.05) is 13.0 Å². The largest absolute Gasteiger partial charge is 0.353 e. The summed E-state index contributed by atoms with van der Waals surface area (Å²) in [4.78, 5) is 7.04. The van der Waals surface area contributed by atoms with Crippen LogP contribution in [-0.2, 0) is 0 Å². The topological polar surface area (TPSA) is 45.5 Å². The molecule has 20 heavy (non-hydrogen) atoms. The fourth-order valence-corrected chi connectivity index (χ4v) is 2.85. The Hall–Kier alpha value is -1.62. The normalized spacial score (nSPS) is 17.7. The van der Waals surface area contributed by atoms with Gasteiger partial charge >= 0.3 is 0 Å². The number of aromatic nitrogens is 3. The van der Waals surface area contributed by atoms with Gasteiger partial charge in [-0.3, -0.25) is 0 Å². The van der Waals surface area contributed by atoms with Gasteiger partial charge in [0, 0.05) is 12.2 Å². The molecule has 3 heterocycles. The number of rotatable bonds is 4. The van der Waals surface area contributed by atoms with E-state index < -0.39 is 0 Å². The highest BCUT2D eigenvalue weighted by atomic mass is 15.3. The third kappa shape index (κ3) is 2.77. The Labute approximate surface area is 120 Å². The highest BCUT2D eigenvalue weighted by Gasteiger charge is 2.18. The number of aryl methyl sites for hydroxylation is 1. The first-order valence-electron chi connectivity index (χ1n) is 7.55. The van der Waals surface area contributed by atoms with Crippen LogP contribution in [0.5, 0.6) is 0 Å². The van der Waals surface area contributed by atoms with Gasteiger partial charge in [0.2, 0.25) is 5.95 Å². The molecule has 2 aromatic heterocycles. The number of pyridine rings is 1. The van der Waals surface area contributed by atoms with Gasteiger partial charge in [0.1, 0.15) is 0 Å². The number of fused-ring (bicyclic) bond motifs is 1. The third-order valence-electron chi connectivity index (χ3n) is 4.25. The Bertz CT molecular complexity index is 569. The van der Waals surface area contributed by atoms with Crippen molar-refractivity contribution in [1.82, 2.24) is 19.5 Å². The summed E-state index contributed by atoms with van der Waals surface area (Å²) in [5.74, 6) is 1.49. The Morgan fingerprint density at radius 1 is 1.30 bits per heavy atom. The molecule has 0 spiro atoms. The summed E-state index contributed by atoms with van der Waals surface area (Å²) in [7, 11) is 0. The van der Waals surface area contributed by atoms with E-state index >= 15 is 0 Å². The number of likely N-dealkylation sites (tertiary alicyclic amines) is 1. The zero-order valence-electron chi connectivity index (χ0n) is 12.3. The minimum atomic E-state index is 0.741. The van der Waals surface area contributed by atoms with E-state index in [0.717, 1.165) is 29.8 Å². The van der Waals surface area contributed by atoms with Gasteiger partial charge in [-0.2, -0.15) is 4.98 Å². The lowest BCUT2D eigenvalue weighted by atomic mass is 9.97. The fraction of sp³-hybridized carbons (Fsp3) is 0.600. The van der Waals surface area contributed by atoms with E-state index in [4.69, 9.17) is 0 Å². The summed E-state index contributed by atoms with van der Waals surface area (Å²) < 4.78 is 1.89. The smallest absolute Gasteiger partial charge is 0.243 e. The van der Waals surface area contributed by atoms with E-state index in [9.17, 15) is 0 Å². The van der Waals surface area contributed by atoms with Gasteiger partial charge in [0.25, 0.3) is 0 Å². The van der Waals surface area contributed by atoms with E-state index in [2.05, 4.69) is 27.2 Å². The molecule has 1 fully saturated rings. The van der Waals surface area contributed by atoms with Crippen LogP contribution in [0.2, 0.25) is 0 Å². The molecule has 0 aromatic carbocycles. The van der Waals surface area contributed by atoms with E-state index in [1.807, 2.05) is 29.6 Å². The lowest BCUT2D eigenvalue weighted by Crippen LogP contribution is -2.35. The van der Waals surface area contributed by atoms with Crippen molar-refractivity contribution in [1.29, 1.82) is 0 Å². The van der Waals surface area contributed by atoms with Crippen LogP contribution >= 0.6 is 0 Å². The van der Waals surface area contributed by atoms with Crippen LogP contribution in [-0.4, -0.2) is 45.7 Å². The quantitative estimate of drug-likeness (QED) is 0.927. The van der Waals surface area contributed by atoms with Crippen LogP contribution in [0, 0.1) is 12.8 Å². The van der Waals surface area contributed by atoms with Gasteiger partial charge in [-0.05, 0) is 57.5 Å². The van der Waals surface area contributed by atoms with Crippen LogP contribution in [0.25, 0.3) is 5.65 Å². The van der Waals surface area contributed by atoms with Crippen LogP contribution in [0.15, 0.2) is 18.2 Å².